The third kappa shape index (κ3) is 0.872. The molecule has 8 heavy (non-hydrogen) atoms. The maximum absolute atomic E-state index is 8.25. The fraction of sp³-hybridized carbons (Fsp3) is 0. The van der Waals surface area contributed by atoms with Gasteiger partial charge in [-0.15, -0.1) is 0 Å². The van der Waals surface area contributed by atoms with Gasteiger partial charge in [-0.05, 0) is 6.07 Å². The number of aromatic nitrogens is 1. The summed E-state index contributed by atoms with van der Waals surface area (Å²) in [5.74, 6) is 0. The summed E-state index contributed by atoms with van der Waals surface area (Å²) in [4.78, 5) is 3.73. The van der Waals surface area contributed by atoms with Crippen molar-refractivity contribution < 1.29 is 5.11 Å². The van der Waals surface area contributed by atoms with E-state index in [4.69, 9.17) is 5.53 Å². The van der Waals surface area contributed by atoms with E-state index in [-0.39, 0.29) is 0 Å². The van der Waals surface area contributed by atoms with Crippen molar-refractivity contribution in [3.63, 3.8) is 0 Å². The maximum Gasteiger partial charge on any atom is 0.211 e. The van der Waals surface area contributed by atoms with Crippen LogP contribution in [0, 0.1) is 0 Å². The summed E-state index contributed by atoms with van der Waals surface area (Å²) >= 11 is 0. The van der Waals surface area contributed by atoms with Crippen molar-refractivity contribution in [3.8, 4) is 0 Å². The SMILES string of the molecule is [N-]=[NH+]c1cccnc1. The first-order valence-electron chi connectivity index (χ1n) is 2.23. The zero-order valence-corrected chi connectivity index (χ0v) is 4.20. The average Bonchev–Trinajstić information content (AvgIpc) is 1.90. The van der Waals surface area contributed by atoms with Crippen LogP contribution in [0.3, 0.4) is 0 Å². The molecular weight excluding hydrogens is 102 g/mol. The van der Waals surface area contributed by atoms with E-state index in [2.05, 4.69) is 4.98 Å². The fourth-order valence-electron chi connectivity index (χ4n) is 0.429. The molecule has 0 bridgehead atoms. The van der Waals surface area contributed by atoms with Gasteiger partial charge in [-0.25, -0.2) is 0 Å². The molecule has 3 nitrogen and oxygen atoms in total. The smallest absolute Gasteiger partial charge is 0.211 e. The highest BCUT2D eigenvalue weighted by molar-refractivity contribution is 5.21. The second-order valence-electron chi connectivity index (χ2n) is 1.35. The van der Waals surface area contributed by atoms with E-state index in [9.17, 15) is 0 Å². The lowest BCUT2D eigenvalue weighted by Crippen LogP contribution is -2.54. The van der Waals surface area contributed by atoms with Crippen LogP contribution in [0.2, 0.25) is 0 Å². The molecule has 1 aromatic heterocycles. The summed E-state index contributed by atoms with van der Waals surface area (Å²) in [5, 5.41) is 1.96. The van der Waals surface area contributed by atoms with Gasteiger partial charge in [0.05, 0.1) is 6.20 Å². The number of pyridine rings is 1. The summed E-state index contributed by atoms with van der Waals surface area (Å²) < 4.78 is 0. The highest BCUT2D eigenvalue weighted by Gasteiger charge is 1.83. The van der Waals surface area contributed by atoms with Crippen molar-refractivity contribution >= 4 is 5.69 Å². The highest BCUT2D eigenvalue weighted by Crippen LogP contribution is 1.90. The Balaban J connectivity index is 2.99. The molecule has 0 amide bonds. The maximum atomic E-state index is 8.25. The van der Waals surface area contributed by atoms with Gasteiger partial charge in [0.15, 0.2) is 0 Å². The normalized spacial score (nSPS) is 8.50. The first-order chi connectivity index (χ1) is 3.93. The molecule has 1 aromatic rings. The van der Waals surface area contributed by atoms with Gasteiger partial charge >= 0.3 is 0 Å². The molecule has 1 heterocycles. The zero-order chi connectivity index (χ0) is 5.82. The van der Waals surface area contributed by atoms with Crippen molar-refractivity contribution in [3.05, 3.63) is 30.1 Å². The van der Waals surface area contributed by atoms with Gasteiger partial charge in [-0.2, -0.15) is 0 Å². The predicted molar refractivity (Wildman–Crippen MR) is 28.2 cm³/mol. The van der Waals surface area contributed by atoms with Crippen LogP contribution in [-0.4, -0.2) is 4.98 Å². The van der Waals surface area contributed by atoms with E-state index >= 15 is 0 Å². The molecule has 0 radical (unpaired) electrons. The molecule has 0 spiro atoms. The fourth-order valence-corrected chi connectivity index (χ4v) is 0.429. The van der Waals surface area contributed by atoms with Crippen molar-refractivity contribution in [1.29, 1.82) is 0 Å². The lowest BCUT2D eigenvalue weighted by atomic mass is 10.4. The number of nitrogens with one attached hydrogen (secondary N) is 1. The van der Waals surface area contributed by atoms with Gasteiger partial charge in [-0.3, -0.25) is 10.1 Å². The minimum atomic E-state index is 0.604. The van der Waals surface area contributed by atoms with Gasteiger partial charge in [0.2, 0.25) is 5.69 Å². The molecule has 0 saturated heterocycles. The zero-order valence-electron chi connectivity index (χ0n) is 4.20. The summed E-state index contributed by atoms with van der Waals surface area (Å²) in [7, 11) is 0. The Hall–Kier alpha value is -1.25. The quantitative estimate of drug-likeness (QED) is 0.497. The Kier molecular flexibility index (Phi) is 1.32. The second kappa shape index (κ2) is 2.16. The van der Waals surface area contributed by atoms with E-state index in [0.29, 0.717) is 5.69 Å². The van der Waals surface area contributed by atoms with Crippen LogP contribution in [0.15, 0.2) is 24.5 Å². The molecule has 0 atom stereocenters. The monoisotopic (exact) mass is 107 g/mol. The van der Waals surface area contributed by atoms with Crippen LogP contribution >= 0.6 is 0 Å². The van der Waals surface area contributed by atoms with Crippen LogP contribution < -0.4 is 5.11 Å². The second-order valence-corrected chi connectivity index (χ2v) is 1.35. The van der Waals surface area contributed by atoms with E-state index in [0.717, 1.165) is 0 Å². The Morgan fingerprint density at radius 1 is 1.62 bits per heavy atom. The average molecular weight is 107 g/mol. The molecule has 0 aromatic carbocycles. The predicted octanol–water partition coefficient (Wildman–Crippen LogP) is -0.185. The van der Waals surface area contributed by atoms with Gasteiger partial charge in [0, 0.05) is 12.3 Å². The third-order valence-electron chi connectivity index (χ3n) is 0.791. The Morgan fingerprint density at radius 3 is 2.88 bits per heavy atom. The molecule has 0 aliphatic rings. The topological polar surface area (TPSA) is 49.2 Å². The van der Waals surface area contributed by atoms with Gasteiger partial charge in [0.25, 0.3) is 0 Å². The van der Waals surface area contributed by atoms with Crippen LogP contribution in [0.25, 0.3) is 5.53 Å². The number of hydrogen-bond acceptors (Lipinski definition) is 1. The summed E-state index contributed by atoms with van der Waals surface area (Å²) in [5.41, 5.74) is 8.85. The Bertz CT molecular complexity index is 170. The van der Waals surface area contributed by atoms with Crippen LogP contribution in [0.1, 0.15) is 0 Å². The van der Waals surface area contributed by atoms with E-state index in [1.807, 2.05) is 5.11 Å². The minimum absolute atomic E-state index is 0.604. The number of hydrogen-bond donors (Lipinski definition) is 1. The van der Waals surface area contributed by atoms with Crippen molar-refractivity contribution in [2.75, 3.05) is 0 Å². The van der Waals surface area contributed by atoms with Crippen molar-refractivity contribution in [2.24, 2.45) is 0 Å². The van der Waals surface area contributed by atoms with Gasteiger partial charge < -0.3 is 5.53 Å². The van der Waals surface area contributed by atoms with Crippen molar-refractivity contribution in [1.82, 2.24) is 4.98 Å². The van der Waals surface area contributed by atoms with Gasteiger partial charge in [-0.1, -0.05) is 0 Å². The van der Waals surface area contributed by atoms with Crippen LogP contribution in [0.5, 0.6) is 0 Å². The van der Waals surface area contributed by atoms with Gasteiger partial charge in [0.1, 0.15) is 0 Å². The molecule has 0 aliphatic heterocycles. The molecule has 0 saturated carbocycles. The van der Waals surface area contributed by atoms with E-state index in [1.54, 1.807) is 18.3 Å². The third-order valence-corrected chi connectivity index (χ3v) is 0.791. The van der Waals surface area contributed by atoms with E-state index < -0.39 is 0 Å². The first kappa shape index (κ1) is 4.90. The largest absolute Gasteiger partial charge is 0.502 e. The van der Waals surface area contributed by atoms with Crippen LogP contribution in [-0.2, 0) is 0 Å². The Morgan fingerprint density at radius 2 is 2.50 bits per heavy atom. The molecule has 40 valence electrons. The molecule has 1 rings (SSSR count). The summed E-state index contributed by atoms with van der Waals surface area (Å²) in [6.45, 7) is 0. The first-order valence-corrected chi connectivity index (χ1v) is 2.23. The number of nitrogens with zero attached hydrogens (tertiary/aromatic N) is 2. The standard InChI is InChI=1S/C5H5N3/c6-8-5-2-1-3-7-4-5/h1-4,8H. The lowest BCUT2D eigenvalue weighted by molar-refractivity contribution is -0.380. The molecular formula is C5H5N3. The molecule has 3 heteroatoms. The molecule has 0 unspecified atom stereocenters. The summed E-state index contributed by atoms with van der Waals surface area (Å²) in [6, 6.07) is 3.45. The van der Waals surface area contributed by atoms with E-state index in [1.165, 1.54) is 6.20 Å². The minimum Gasteiger partial charge on any atom is -0.502 e. The molecule has 0 fully saturated rings. The highest BCUT2D eigenvalue weighted by atomic mass is 15.0. The van der Waals surface area contributed by atoms with Crippen molar-refractivity contribution in [2.45, 2.75) is 0 Å². The summed E-state index contributed by atoms with van der Waals surface area (Å²) in [6.07, 6.45) is 3.17. The molecule has 0 aliphatic carbocycles. The Labute approximate surface area is 46.9 Å². The number of rotatable bonds is 1. The van der Waals surface area contributed by atoms with Crippen LogP contribution in [0.4, 0.5) is 5.69 Å². The molecule has 1 N–H and O–H groups in total. The lowest BCUT2D eigenvalue weighted by Gasteiger charge is -1.82.